The number of esters is 1. The number of carbonyl (C=O) groups is 1. The van der Waals surface area contributed by atoms with Crippen LogP contribution in [0.15, 0.2) is 30.6 Å². The molecule has 4 rings (SSSR count). The van der Waals surface area contributed by atoms with Gasteiger partial charge in [-0.2, -0.15) is 0 Å². The number of fused-ring (bicyclic) bond motifs is 2. The van der Waals surface area contributed by atoms with E-state index in [-0.39, 0.29) is 12.0 Å². The molecule has 2 fully saturated rings. The van der Waals surface area contributed by atoms with Crippen molar-refractivity contribution in [2.75, 3.05) is 7.11 Å². The SMILES string of the molecule is COC(=O)[C@@H]1C[C@H]2CCCC[C@@H]2N1Cc1cn2ccccc2n1. The molecule has 0 unspecified atom stereocenters. The summed E-state index contributed by atoms with van der Waals surface area (Å²) in [4.78, 5) is 19.3. The number of nitrogens with zero attached hydrogens (tertiary/aromatic N) is 3. The topological polar surface area (TPSA) is 46.8 Å². The highest BCUT2D eigenvalue weighted by molar-refractivity contribution is 5.76. The number of rotatable bonds is 3. The van der Waals surface area contributed by atoms with Crippen LogP contribution in [0.25, 0.3) is 5.65 Å². The Morgan fingerprint density at radius 1 is 1.35 bits per heavy atom. The fourth-order valence-corrected chi connectivity index (χ4v) is 4.40. The minimum absolute atomic E-state index is 0.0943. The van der Waals surface area contributed by atoms with E-state index in [1.54, 1.807) is 0 Å². The van der Waals surface area contributed by atoms with Gasteiger partial charge in [0.15, 0.2) is 0 Å². The predicted octanol–water partition coefficient (Wildman–Crippen LogP) is 2.64. The second kappa shape index (κ2) is 5.96. The number of pyridine rings is 1. The normalized spacial score (nSPS) is 28.0. The fourth-order valence-electron chi connectivity index (χ4n) is 4.40. The maximum absolute atomic E-state index is 12.2. The van der Waals surface area contributed by atoms with Gasteiger partial charge < -0.3 is 9.14 Å². The van der Waals surface area contributed by atoms with E-state index < -0.39 is 0 Å². The van der Waals surface area contributed by atoms with Crippen LogP contribution in [0.3, 0.4) is 0 Å². The largest absolute Gasteiger partial charge is 0.468 e. The molecular formula is C18H23N3O2. The van der Waals surface area contributed by atoms with Crippen LogP contribution < -0.4 is 0 Å². The number of methoxy groups -OCH3 is 1. The summed E-state index contributed by atoms with van der Waals surface area (Å²) in [5, 5.41) is 0. The van der Waals surface area contributed by atoms with Gasteiger partial charge in [-0.15, -0.1) is 0 Å². The molecule has 0 spiro atoms. The van der Waals surface area contributed by atoms with Crippen LogP contribution >= 0.6 is 0 Å². The summed E-state index contributed by atoms with van der Waals surface area (Å²) in [6.45, 7) is 0.725. The maximum atomic E-state index is 12.2. The second-order valence-electron chi connectivity index (χ2n) is 6.76. The molecule has 0 aromatic carbocycles. The maximum Gasteiger partial charge on any atom is 0.323 e. The highest BCUT2D eigenvalue weighted by Gasteiger charge is 2.45. The first-order valence-corrected chi connectivity index (χ1v) is 8.52. The van der Waals surface area contributed by atoms with E-state index in [1.807, 2.05) is 28.8 Å². The van der Waals surface area contributed by atoms with E-state index in [0.717, 1.165) is 24.3 Å². The van der Waals surface area contributed by atoms with E-state index in [1.165, 1.54) is 32.8 Å². The third-order valence-electron chi connectivity index (χ3n) is 5.45. The molecule has 1 saturated carbocycles. The minimum Gasteiger partial charge on any atom is -0.468 e. The molecular weight excluding hydrogens is 290 g/mol. The molecule has 0 amide bonds. The highest BCUT2D eigenvalue weighted by atomic mass is 16.5. The molecule has 3 atom stereocenters. The lowest BCUT2D eigenvalue weighted by Gasteiger charge is -2.32. The molecule has 0 N–H and O–H groups in total. The van der Waals surface area contributed by atoms with Gasteiger partial charge in [0.1, 0.15) is 11.7 Å². The summed E-state index contributed by atoms with van der Waals surface area (Å²) < 4.78 is 7.10. The van der Waals surface area contributed by atoms with E-state index >= 15 is 0 Å². The number of ether oxygens (including phenoxy) is 1. The van der Waals surface area contributed by atoms with Crippen molar-refractivity contribution in [3.8, 4) is 0 Å². The first-order chi connectivity index (χ1) is 11.3. The van der Waals surface area contributed by atoms with Crippen LogP contribution in [0.2, 0.25) is 0 Å². The molecule has 5 nitrogen and oxygen atoms in total. The van der Waals surface area contributed by atoms with Crippen LogP contribution in [0, 0.1) is 5.92 Å². The average molecular weight is 313 g/mol. The molecule has 1 aliphatic heterocycles. The van der Waals surface area contributed by atoms with Crippen molar-refractivity contribution in [2.24, 2.45) is 5.92 Å². The van der Waals surface area contributed by atoms with Crippen molar-refractivity contribution in [2.45, 2.75) is 50.7 Å². The molecule has 0 radical (unpaired) electrons. The minimum atomic E-state index is -0.113. The Morgan fingerprint density at radius 3 is 3.04 bits per heavy atom. The van der Waals surface area contributed by atoms with Crippen molar-refractivity contribution in [1.82, 2.24) is 14.3 Å². The van der Waals surface area contributed by atoms with Crippen molar-refractivity contribution in [1.29, 1.82) is 0 Å². The third kappa shape index (κ3) is 2.63. The number of imidazole rings is 1. The predicted molar refractivity (Wildman–Crippen MR) is 86.9 cm³/mol. The number of likely N-dealkylation sites (tertiary alicyclic amines) is 1. The third-order valence-corrected chi connectivity index (χ3v) is 5.45. The van der Waals surface area contributed by atoms with Gasteiger partial charge in [0.05, 0.1) is 12.8 Å². The zero-order valence-electron chi connectivity index (χ0n) is 13.5. The van der Waals surface area contributed by atoms with Gasteiger partial charge in [-0.25, -0.2) is 4.98 Å². The van der Waals surface area contributed by atoms with Gasteiger partial charge >= 0.3 is 5.97 Å². The lowest BCUT2D eigenvalue weighted by molar-refractivity contribution is -0.146. The zero-order chi connectivity index (χ0) is 15.8. The number of aromatic nitrogens is 2. The Hall–Kier alpha value is -1.88. The average Bonchev–Trinajstić information content (AvgIpc) is 3.15. The standard InChI is InChI=1S/C18H23N3O2/c1-23-18(22)16-10-13-6-2-3-7-15(13)21(16)12-14-11-20-9-5-4-8-17(20)19-14/h4-5,8-9,11,13,15-16H,2-3,6-7,10,12H2,1H3/t13-,15+,16+/m1/s1. The van der Waals surface area contributed by atoms with E-state index in [9.17, 15) is 4.79 Å². The molecule has 5 heteroatoms. The number of carbonyl (C=O) groups excluding carboxylic acids is 1. The van der Waals surface area contributed by atoms with E-state index in [2.05, 4.69) is 11.1 Å². The second-order valence-corrected chi connectivity index (χ2v) is 6.76. The van der Waals surface area contributed by atoms with Gasteiger partial charge in [-0.05, 0) is 37.3 Å². The Kier molecular flexibility index (Phi) is 3.81. The fraction of sp³-hybridized carbons (Fsp3) is 0.556. The molecule has 23 heavy (non-hydrogen) atoms. The summed E-state index contributed by atoms with van der Waals surface area (Å²) in [5.74, 6) is 0.535. The van der Waals surface area contributed by atoms with Gasteiger partial charge in [0, 0.05) is 25.0 Å². The van der Waals surface area contributed by atoms with Gasteiger partial charge in [-0.3, -0.25) is 9.69 Å². The van der Waals surface area contributed by atoms with Crippen LogP contribution in [0.4, 0.5) is 0 Å². The quantitative estimate of drug-likeness (QED) is 0.817. The summed E-state index contributed by atoms with van der Waals surface area (Å²) >= 11 is 0. The molecule has 2 aliphatic rings. The molecule has 3 heterocycles. The molecule has 1 saturated heterocycles. The molecule has 0 bridgehead atoms. The first-order valence-electron chi connectivity index (χ1n) is 8.52. The lowest BCUT2D eigenvalue weighted by Crippen LogP contribution is -2.42. The van der Waals surface area contributed by atoms with Crippen LogP contribution in [-0.4, -0.2) is 39.4 Å². The van der Waals surface area contributed by atoms with Crippen molar-refractivity contribution in [3.63, 3.8) is 0 Å². The van der Waals surface area contributed by atoms with Crippen molar-refractivity contribution in [3.05, 3.63) is 36.3 Å². The van der Waals surface area contributed by atoms with Crippen LogP contribution in [-0.2, 0) is 16.1 Å². The van der Waals surface area contributed by atoms with Crippen molar-refractivity contribution >= 4 is 11.6 Å². The summed E-state index contributed by atoms with van der Waals surface area (Å²) in [7, 11) is 1.49. The first kappa shape index (κ1) is 14.7. The van der Waals surface area contributed by atoms with Crippen molar-refractivity contribution < 1.29 is 9.53 Å². The smallest absolute Gasteiger partial charge is 0.323 e. The Morgan fingerprint density at radius 2 is 2.22 bits per heavy atom. The zero-order valence-corrected chi connectivity index (χ0v) is 13.5. The molecule has 122 valence electrons. The van der Waals surface area contributed by atoms with Gasteiger partial charge in [0.2, 0.25) is 0 Å². The lowest BCUT2D eigenvalue weighted by atomic mass is 9.85. The monoisotopic (exact) mass is 313 g/mol. The number of hydrogen-bond acceptors (Lipinski definition) is 4. The van der Waals surface area contributed by atoms with E-state index in [4.69, 9.17) is 9.72 Å². The Bertz CT molecular complexity index is 678. The van der Waals surface area contributed by atoms with E-state index in [0.29, 0.717) is 12.0 Å². The number of hydrogen-bond donors (Lipinski definition) is 0. The van der Waals surface area contributed by atoms with Gasteiger partial charge in [0.25, 0.3) is 0 Å². The summed E-state index contributed by atoms with van der Waals surface area (Å²) in [6.07, 6.45) is 9.99. The summed E-state index contributed by atoms with van der Waals surface area (Å²) in [5.41, 5.74) is 1.98. The summed E-state index contributed by atoms with van der Waals surface area (Å²) in [6, 6.07) is 6.39. The Balaban J connectivity index is 1.61. The van der Waals surface area contributed by atoms with Crippen LogP contribution in [0.1, 0.15) is 37.8 Å². The van der Waals surface area contributed by atoms with Gasteiger partial charge in [-0.1, -0.05) is 18.9 Å². The Labute approximate surface area is 136 Å². The van der Waals surface area contributed by atoms with Crippen LogP contribution in [0.5, 0.6) is 0 Å². The molecule has 2 aromatic rings. The highest BCUT2D eigenvalue weighted by Crippen LogP contribution is 2.40. The molecule has 1 aliphatic carbocycles. The molecule has 2 aromatic heterocycles.